The zero-order chi connectivity index (χ0) is 18.8. The predicted molar refractivity (Wildman–Crippen MR) is 101 cm³/mol. The lowest BCUT2D eigenvalue weighted by Crippen LogP contribution is -2.03. The molecule has 4 rings (SSSR count). The molecule has 3 heterocycles. The number of methoxy groups -OCH3 is 1. The van der Waals surface area contributed by atoms with Gasteiger partial charge < -0.3 is 4.74 Å². The van der Waals surface area contributed by atoms with Crippen LogP contribution in [0, 0.1) is 12.7 Å². The Morgan fingerprint density at radius 1 is 1.07 bits per heavy atom. The monoisotopic (exact) mass is 362 g/mol. The van der Waals surface area contributed by atoms with E-state index >= 15 is 0 Å². The van der Waals surface area contributed by atoms with Crippen LogP contribution in [0.4, 0.5) is 4.39 Å². The predicted octanol–water partition coefficient (Wildman–Crippen LogP) is 4.03. The zero-order valence-corrected chi connectivity index (χ0v) is 15.2. The van der Waals surface area contributed by atoms with Gasteiger partial charge in [-0.1, -0.05) is 12.1 Å². The maximum atomic E-state index is 14.2. The van der Waals surface area contributed by atoms with Gasteiger partial charge in [-0.3, -0.25) is 9.38 Å². The first-order valence-electron chi connectivity index (χ1n) is 8.73. The van der Waals surface area contributed by atoms with Crippen LogP contribution >= 0.6 is 0 Å². The van der Waals surface area contributed by atoms with Crippen LogP contribution in [0.25, 0.3) is 16.8 Å². The maximum absolute atomic E-state index is 14.2. The molecule has 0 aliphatic heterocycles. The number of aromatic nitrogens is 4. The fraction of sp³-hybridized carbons (Fsp3) is 0.190. The Kier molecular flexibility index (Phi) is 4.54. The van der Waals surface area contributed by atoms with E-state index in [4.69, 9.17) is 4.74 Å². The summed E-state index contributed by atoms with van der Waals surface area (Å²) in [7, 11) is 1.56. The molecule has 0 saturated heterocycles. The number of aryl methyl sites for hydroxylation is 2. The molecule has 0 aliphatic rings. The second-order valence-electron chi connectivity index (χ2n) is 6.37. The number of benzene rings is 1. The van der Waals surface area contributed by atoms with E-state index in [1.54, 1.807) is 25.6 Å². The minimum Gasteiger partial charge on any atom is -0.496 e. The van der Waals surface area contributed by atoms with E-state index in [2.05, 4.69) is 15.2 Å². The summed E-state index contributed by atoms with van der Waals surface area (Å²) in [6, 6.07) is 12.9. The average molecular weight is 362 g/mol. The van der Waals surface area contributed by atoms with Gasteiger partial charge in [0.05, 0.1) is 7.11 Å². The smallest absolute Gasteiger partial charge is 0.168 e. The van der Waals surface area contributed by atoms with Crippen LogP contribution in [0.1, 0.15) is 17.0 Å². The third-order valence-corrected chi connectivity index (χ3v) is 4.69. The van der Waals surface area contributed by atoms with Crippen LogP contribution in [-0.4, -0.2) is 26.7 Å². The Labute approximate surface area is 156 Å². The number of halogens is 1. The molecule has 1 aromatic carbocycles. The van der Waals surface area contributed by atoms with Crippen LogP contribution in [0.15, 0.2) is 55.0 Å². The fourth-order valence-corrected chi connectivity index (χ4v) is 3.25. The molecular weight excluding hydrogens is 343 g/mol. The highest BCUT2D eigenvalue weighted by atomic mass is 19.1. The van der Waals surface area contributed by atoms with E-state index in [-0.39, 0.29) is 5.82 Å². The van der Waals surface area contributed by atoms with E-state index in [1.165, 1.54) is 6.07 Å². The van der Waals surface area contributed by atoms with Crippen molar-refractivity contribution in [2.45, 2.75) is 19.8 Å². The van der Waals surface area contributed by atoms with Gasteiger partial charge in [-0.2, -0.15) is 0 Å². The van der Waals surface area contributed by atoms with Crippen molar-refractivity contribution in [1.29, 1.82) is 0 Å². The van der Waals surface area contributed by atoms with E-state index in [1.807, 2.05) is 41.8 Å². The molecule has 0 fully saturated rings. The molecule has 6 heteroatoms. The van der Waals surface area contributed by atoms with Crippen LogP contribution in [0.5, 0.6) is 5.75 Å². The van der Waals surface area contributed by atoms with Crippen LogP contribution in [0.3, 0.4) is 0 Å². The molecule has 4 aromatic rings. The fourth-order valence-electron chi connectivity index (χ4n) is 3.25. The van der Waals surface area contributed by atoms with E-state index < -0.39 is 0 Å². The maximum Gasteiger partial charge on any atom is 0.168 e. The Hall–Kier alpha value is -3.28. The zero-order valence-electron chi connectivity index (χ0n) is 15.2. The number of nitrogens with zero attached hydrogens (tertiary/aromatic N) is 4. The second kappa shape index (κ2) is 7.15. The first-order valence-corrected chi connectivity index (χ1v) is 8.73. The van der Waals surface area contributed by atoms with Gasteiger partial charge in [0.1, 0.15) is 17.9 Å². The van der Waals surface area contributed by atoms with Crippen molar-refractivity contribution >= 4 is 5.65 Å². The van der Waals surface area contributed by atoms with Crippen molar-refractivity contribution < 1.29 is 9.13 Å². The average Bonchev–Trinajstić information content (AvgIpc) is 3.17. The first kappa shape index (κ1) is 17.1. The summed E-state index contributed by atoms with van der Waals surface area (Å²) in [4.78, 5) is 4.36. The Morgan fingerprint density at radius 3 is 2.74 bits per heavy atom. The highest BCUT2D eigenvalue weighted by Crippen LogP contribution is 2.26. The summed E-state index contributed by atoms with van der Waals surface area (Å²) in [6.07, 6.45) is 4.68. The SMILES string of the molecule is COc1cccc(F)c1CCc1ccc(-c2ccc(C)nc2)c2nncn12. The summed E-state index contributed by atoms with van der Waals surface area (Å²) in [5.41, 5.74) is 5.26. The quantitative estimate of drug-likeness (QED) is 0.538. The largest absolute Gasteiger partial charge is 0.496 e. The molecule has 0 bridgehead atoms. The molecule has 0 unspecified atom stereocenters. The minimum absolute atomic E-state index is 0.253. The van der Waals surface area contributed by atoms with Crippen LogP contribution in [-0.2, 0) is 12.8 Å². The topological polar surface area (TPSA) is 52.3 Å². The minimum atomic E-state index is -0.253. The molecule has 0 atom stereocenters. The molecule has 5 nitrogen and oxygen atoms in total. The lowest BCUT2D eigenvalue weighted by molar-refractivity contribution is 0.404. The van der Waals surface area contributed by atoms with Gasteiger partial charge >= 0.3 is 0 Å². The van der Waals surface area contributed by atoms with E-state index in [0.29, 0.717) is 24.2 Å². The summed E-state index contributed by atoms with van der Waals surface area (Å²) >= 11 is 0. The van der Waals surface area contributed by atoms with Crippen molar-refractivity contribution in [3.63, 3.8) is 0 Å². The van der Waals surface area contributed by atoms with Gasteiger partial charge in [0, 0.05) is 34.3 Å². The molecule has 3 aromatic heterocycles. The molecular formula is C21H19FN4O. The normalized spacial score (nSPS) is 11.1. The van der Waals surface area contributed by atoms with Crippen molar-refractivity contribution in [2.75, 3.05) is 7.11 Å². The van der Waals surface area contributed by atoms with Crippen molar-refractivity contribution in [2.24, 2.45) is 0 Å². The number of pyridine rings is 2. The molecule has 0 amide bonds. The lowest BCUT2D eigenvalue weighted by atomic mass is 10.0. The summed E-state index contributed by atoms with van der Waals surface area (Å²) in [5, 5.41) is 8.34. The molecule has 0 saturated carbocycles. The number of fused-ring (bicyclic) bond motifs is 1. The van der Waals surface area contributed by atoms with Crippen molar-refractivity contribution in [3.05, 3.63) is 77.8 Å². The van der Waals surface area contributed by atoms with Gasteiger partial charge in [-0.15, -0.1) is 10.2 Å². The molecule has 0 spiro atoms. The molecule has 27 heavy (non-hydrogen) atoms. The van der Waals surface area contributed by atoms with E-state index in [9.17, 15) is 4.39 Å². The molecule has 0 N–H and O–H groups in total. The van der Waals surface area contributed by atoms with Gasteiger partial charge in [0.2, 0.25) is 0 Å². The lowest BCUT2D eigenvalue weighted by Gasteiger charge is -2.11. The van der Waals surface area contributed by atoms with Crippen molar-refractivity contribution in [3.8, 4) is 16.9 Å². The summed E-state index contributed by atoms with van der Waals surface area (Å²) in [5.74, 6) is 0.314. The Bertz CT molecular complexity index is 1090. The van der Waals surface area contributed by atoms with Crippen LogP contribution < -0.4 is 4.74 Å². The standard InChI is InChI=1S/C21H19FN4O/c1-14-6-7-15(12-23-14)17-10-8-16(26-13-24-25-21(17)26)9-11-18-19(22)4-3-5-20(18)27-2/h3-8,10,12-13H,9,11H2,1-2H3. The van der Waals surface area contributed by atoms with E-state index in [0.717, 1.165) is 28.2 Å². The Morgan fingerprint density at radius 2 is 1.96 bits per heavy atom. The highest BCUT2D eigenvalue weighted by Gasteiger charge is 2.13. The van der Waals surface area contributed by atoms with Gasteiger partial charge in [-0.25, -0.2) is 4.39 Å². The third-order valence-electron chi connectivity index (χ3n) is 4.69. The number of rotatable bonds is 5. The van der Waals surface area contributed by atoms with Crippen LogP contribution in [0.2, 0.25) is 0 Å². The number of ether oxygens (including phenoxy) is 1. The molecule has 136 valence electrons. The van der Waals surface area contributed by atoms with Gasteiger partial charge in [0.15, 0.2) is 5.65 Å². The van der Waals surface area contributed by atoms with Gasteiger partial charge in [0.25, 0.3) is 0 Å². The third kappa shape index (κ3) is 3.26. The Balaban J connectivity index is 1.68. The summed E-state index contributed by atoms with van der Waals surface area (Å²) in [6.45, 7) is 1.95. The second-order valence-corrected chi connectivity index (χ2v) is 6.37. The first-order chi connectivity index (χ1) is 13.2. The molecule has 0 aliphatic carbocycles. The number of hydrogen-bond donors (Lipinski definition) is 0. The van der Waals surface area contributed by atoms with Gasteiger partial charge in [-0.05, 0) is 50.1 Å². The summed E-state index contributed by atoms with van der Waals surface area (Å²) < 4.78 is 21.4. The molecule has 0 radical (unpaired) electrons. The highest BCUT2D eigenvalue weighted by molar-refractivity contribution is 5.77. The van der Waals surface area contributed by atoms with Crippen molar-refractivity contribution in [1.82, 2.24) is 19.6 Å². The number of hydrogen-bond acceptors (Lipinski definition) is 4.